The molecule has 1 aromatic carbocycles. The Morgan fingerprint density at radius 2 is 2.00 bits per heavy atom. The molecular weight excluding hydrogens is 232 g/mol. The molecule has 94 valence electrons. The van der Waals surface area contributed by atoms with Crippen LogP contribution < -0.4 is 5.32 Å². The van der Waals surface area contributed by atoms with Crippen molar-refractivity contribution in [1.82, 2.24) is 10.2 Å². The monoisotopic (exact) mass is 252 g/mol. The molecule has 1 heterocycles. The summed E-state index contributed by atoms with van der Waals surface area (Å²) in [4.78, 5) is 2.54. The van der Waals surface area contributed by atoms with Gasteiger partial charge in [-0.3, -0.25) is 0 Å². The highest BCUT2D eigenvalue weighted by atomic mass is 35.5. The minimum atomic E-state index is 0.714. The van der Waals surface area contributed by atoms with Crippen molar-refractivity contribution >= 4 is 11.6 Å². The largest absolute Gasteiger partial charge is 0.317 e. The summed E-state index contributed by atoms with van der Waals surface area (Å²) in [5, 5.41) is 4.26. The molecule has 1 saturated heterocycles. The van der Waals surface area contributed by atoms with Crippen molar-refractivity contribution in [3.8, 4) is 0 Å². The van der Waals surface area contributed by atoms with Crippen LogP contribution in [0.25, 0.3) is 0 Å². The molecule has 0 radical (unpaired) electrons. The van der Waals surface area contributed by atoms with E-state index in [1.807, 2.05) is 12.1 Å². The maximum atomic E-state index is 6.16. The highest BCUT2D eigenvalue weighted by molar-refractivity contribution is 6.31. The minimum absolute atomic E-state index is 0.714. The lowest BCUT2D eigenvalue weighted by Gasteiger charge is -2.31. The first-order valence-corrected chi connectivity index (χ1v) is 6.80. The van der Waals surface area contributed by atoms with Crippen molar-refractivity contribution in [1.29, 1.82) is 0 Å². The summed E-state index contributed by atoms with van der Waals surface area (Å²) in [6.45, 7) is 3.53. The Bertz CT molecular complexity index is 346. The van der Waals surface area contributed by atoms with Crippen LogP contribution in [0.15, 0.2) is 24.3 Å². The molecule has 1 fully saturated rings. The molecule has 0 spiro atoms. The minimum Gasteiger partial charge on any atom is -0.317 e. The second-order valence-corrected chi connectivity index (χ2v) is 5.15. The Morgan fingerprint density at radius 1 is 1.29 bits per heavy atom. The first-order chi connectivity index (χ1) is 8.29. The molecule has 0 bridgehead atoms. The molecule has 0 atom stereocenters. The van der Waals surface area contributed by atoms with Gasteiger partial charge >= 0.3 is 0 Å². The second kappa shape index (κ2) is 6.39. The van der Waals surface area contributed by atoms with Gasteiger partial charge < -0.3 is 10.2 Å². The number of hydrogen-bond acceptors (Lipinski definition) is 2. The Labute approximate surface area is 109 Å². The van der Waals surface area contributed by atoms with E-state index in [1.54, 1.807) is 0 Å². The van der Waals surface area contributed by atoms with Gasteiger partial charge in [0, 0.05) is 17.6 Å². The topological polar surface area (TPSA) is 15.3 Å². The third kappa shape index (κ3) is 3.70. The van der Waals surface area contributed by atoms with Crippen LogP contribution >= 0.6 is 11.6 Å². The lowest BCUT2D eigenvalue weighted by molar-refractivity contribution is 0.204. The number of hydrogen-bond donors (Lipinski definition) is 1. The molecule has 0 saturated carbocycles. The summed E-state index contributed by atoms with van der Waals surface area (Å²) in [7, 11) is 2.06. The van der Waals surface area contributed by atoms with Crippen molar-refractivity contribution in [3.05, 3.63) is 34.9 Å². The molecular formula is C14H21ClN2. The zero-order valence-corrected chi connectivity index (χ0v) is 11.2. The fraction of sp³-hybridized carbons (Fsp3) is 0.571. The highest BCUT2D eigenvalue weighted by Crippen LogP contribution is 2.17. The van der Waals surface area contributed by atoms with Crippen LogP contribution in [-0.2, 0) is 6.42 Å². The van der Waals surface area contributed by atoms with Crippen molar-refractivity contribution in [2.24, 2.45) is 0 Å². The van der Waals surface area contributed by atoms with E-state index in [-0.39, 0.29) is 0 Å². The van der Waals surface area contributed by atoms with Crippen molar-refractivity contribution in [3.63, 3.8) is 0 Å². The third-order valence-corrected chi connectivity index (χ3v) is 4.02. The van der Waals surface area contributed by atoms with Gasteiger partial charge in [0.05, 0.1) is 0 Å². The highest BCUT2D eigenvalue weighted by Gasteiger charge is 2.17. The van der Waals surface area contributed by atoms with Gasteiger partial charge in [-0.25, -0.2) is 0 Å². The standard InChI is InChI=1S/C14H21ClN2/c1-16-13-7-10-17(11-8-13)9-6-12-4-2-3-5-14(12)15/h2-5,13,16H,6-11H2,1H3. The maximum Gasteiger partial charge on any atom is 0.0438 e. The molecule has 0 aliphatic carbocycles. The molecule has 0 amide bonds. The van der Waals surface area contributed by atoms with Crippen molar-refractivity contribution in [2.45, 2.75) is 25.3 Å². The first-order valence-electron chi connectivity index (χ1n) is 6.42. The van der Waals surface area contributed by atoms with E-state index in [1.165, 1.54) is 31.5 Å². The maximum absolute atomic E-state index is 6.16. The van der Waals surface area contributed by atoms with Gasteiger partial charge in [0.2, 0.25) is 0 Å². The fourth-order valence-electron chi connectivity index (χ4n) is 2.42. The molecule has 2 rings (SSSR count). The average molecular weight is 253 g/mol. The van der Waals surface area contributed by atoms with Crippen LogP contribution in [0.3, 0.4) is 0 Å². The van der Waals surface area contributed by atoms with E-state index in [0.717, 1.165) is 18.0 Å². The van der Waals surface area contributed by atoms with E-state index in [9.17, 15) is 0 Å². The van der Waals surface area contributed by atoms with E-state index >= 15 is 0 Å². The zero-order valence-electron chi connectivity index (χ0n) is 10.5. The van der Waals surface area contributed by atoms with E-state index in [0.29, 0.717) is 6.04 Å². The number of likely N-dealkylation sites (tertiary alicyclic amines) is 1. The summed E-state index contributed by atoms with van der Waals surface area (Å²) < 4.78 is 0. The van der Waals surface area contributed by atoms with Crippen LogP contribution in [0.4, 0.5) is 0 Å². The Balaban J connectivity index is 1.78. The lowest BCUT2D eigenvalue weighted by Crippen LogP contribution is -2.41. The quantitative estimate of drug-likeness (QED) is 0.886. The second-order valence-electron chi connectivity index (χ2n) is 4.75. The van der Waals surface area contributed by atoms with Crippen LogP contribution in [0, 0.1) is 0 Å². The van der Waals surface area contributed by atoms with Crippen molar-refractivity contribution in [2.75, 3.05) is 26.7 Å². The Morgan fingerprint density at radius 3 is 2.65 bits per heavy atom. The smallest absolute Gasteiger partial charge is 0.0438 e. The molecule has 2 nitrogen and oxygen atoms in total. The molecule has 3 heteroatoms. The molecule has 1 aromatic rings. The number of rotatable bonds is 4. The number of halogens is 1. The van der Waals surface area contributed by atoms with Crippen molar-refractivity contribution < 1.29 is 0 Å². The number of nitrogens with one attached hydrogen (secondary N) is 1. The van der Waals surface area contributed by atoms with Gasteiger partial charge in [-0.2, -0.15) is 0 Å². The summed E-state index contributed by atoms with van der Waals surface area (Å²) in [6, 6.07) is 8.87. The molecule has 1 N–H and O–H groups in total. The van der Waals surface area contributed by atoms with Crippen LogP contribution in [0.2, 0.25) is 5.02 Å². The van der Waals surface area contributed by atoms with Crippen LogP contribution in [0.5, 0.6) is 0 Å². The zero-order chi connectivity index (χ0) is 12.1. The Hall–Kier alpha value is -0.570. The number of benzene rings is 1. The third-order valence-electron chi connectivity index (χ3n) is 3.65. The Kier molecular flexibility index (Phi) is 4.84. The van der Waals surface area contributed by atoms with Gasteiger partial charge in [-0.1, -0.05) is 29.8 Å². The van der Waals surface area contributed by atoms with Gasteiger partial charge in [0.15, 0.2) is 0 Å². The summed E-state index contributed by atoms with van der Waals surface area (Å²) in [5.41, 5.74) is 1.27. The normalized spacial score (nSPS) is 18.5. The summed E-state index contributed by atoms with van der Waals surface area (Å²) >= 11 is 6.16. The van der Waals surface area contributed by atoms with Gasteiger partial charge in [0.25, 0.3) is 0 Å². The molecule has 1 aliphatic rings. The van der Waals surface area contributed by atoms with E-state index in [2.05, 4.69) is 29.4 Å². The number of piperidine rings is 1. The predicted octanol–water partition coefficient (Wildman–Crippen LogP) is 2.57. The molecule has 0 unspecified atom stereocenters. The van der Waals surface area contributed by atoms with E-state index < -0.39 is 0 Å². The molecule has 17 heavy (non-hydrogen) atoms. The number of nitrogens with zero attached hydrogens (tertiary/aromatic N) is 1. The van der Waals surface area contributed by atoms with Gasteiger partial charge in [0.1, 0.15) is 0 Å². The summed E-state index contributed by atoms with van der Waals surface area (Å²) in [6.07, 6.45) is 3.59. The van der Waals surface area contributed by atoms with E-state index in [4.69, 9.17) is 11.6 Å². The SMILES string of the molecule is CNC1CCN(CCc2ccccc2Cl)CC1. The molecule has 0 aromatic heterocycles. The fourth-order valence-corrected chi connectivity index (χ4v) is 2.66. The lowest BCUT2D eigenvalue weighted by atomic mass is 10.0. The molecule has 1 aliphatic heterocycles. The van der Waals surface area contributed by atoms with Crippen LogP contribution in [-0.4, -0.2) is 37.6 Å². The van der Waals surface area contributed by atoms with Gasteiger partial charge in [-0.05, 0) is 51.0 Å². The predicted molar refractivity (Wildman–Crippen MR) is 73.7 cm³/mol. The average Bonchev–Trinajstić information content (AvgIpc) is 2.38. The summed E-state index contributed by atoms with van der Waals surface area (Å²) in [5.74, 6) is 0. The van der Waals surface area contributed by atoms with Gasteiger partial charge in [-0.15, -0.1) is 0 Å². The first kappa shape index (κ1) is 12.9. The van der Waals surface area contributed by atoms with Crippen LogP contribution in [0.1, 0.15) is 18.4 Å².